The van der Waals surface area contributed by atoms with Crippen molar-refractivity contribution in [1.29, 1.82) is 0 Å². The first-order valence-electron chi connectivity index (χ1n) is 13.9. The van der Waals surface area contributed by atoms with Gasteiger partial charge in [0.15, 0.2) is 0 Å². The van der Waals surface area contributed by atoms with Gasteiger partial charge in [0, 0.05) is 25.2 Å². The molecule has 0 saturated carbocycles. The van der Waals surface area contributed by atoms with E-state index in [1.54, 1.807) is 21.1 Å². The van der Waals surface area contributed by atoms with Gasteiger partial charge in [0.25, 0.3) is 5.91 Å². The average molecular weight is 547 g/mol. The highest BCUT2D eigenvalue weighted by atomic mass is 32.1. The first kappa shape index (κ1) is 27.3. The Morgan fingerprint density at radius 2 is 2.03 bits per heavy atom. The lowest BCUT2D eigenvalue weighted by Gasteiger charge is -2.35. The van der Waals surface area contributed by atoms with Crippen LogP contribution in [0.5, 0.6) is 0 Å². The molecule has 7 nitrogen and oxygen atoms in total. The Kier molecular flexibility index (Phi) is 7.76. The van der Waals surface area contributed by atoms with Gasteiger partial charge in [0.2, 0.25) is 11.8 Å². The van der Waals surface area contributed by atoms with Crippen LogP contribution >= 0.6 is 11.3 Å². The Morgan fingerprint density at radius 3 is 2.72 bits per heavy atom. The molecule has 2 aromatic rings. The minimum Gasteiger partial charge on any atom is -0.350 e. The van der Waals surface area contributed by atoms with E-state index in [-0.39, 0.29) is 23.6 Å². The number of nitrogens with one attached hydrogen (secondary N) is 1. The molecule has 1 aliphatic carbocycles. The first-order chi connectivity index (χ1) is 18.7. The van der Waals surface area contributed by atoms with Crippen LogP contribution in [0.2, 0.25) is 0 Å². The van der Waals surface area contributed by atoms with Crippen molar-refractivity contribution in [3.8, 4) is 10.4 Å². The molecule has 1 saturated heterocycles. The van der Waals surface area contributed by atoms with E-state index in [4.69, 9.17) is 0 Å². The summed E-state index contributed by atoms with van der Waals surface area (Å²) in [7, 11) is 0. The van der Waals surface area contributed by atoms with Crippen LogP contribution in [0.25, 0.3) is 10.4 Å². The van der Waals surface area contributed by atoms with Crippen molar-refractivity contribution in [2.75, 3.05) is 13.1 Å². The van der Waals surface area contributed by atoms with E-state index in [1.807, 2.05) is 32.4 Å². The highest BCUT2D eigenvalue weighted by molar-refractivity contribution is 7.13. The van der Waals surface area contributed by atoms with Crippen LogP contribution in [0.1, 0.15) is 56.9 Å². The highest BCUT2D eigenvalue weighted by Gasteiger charge is 2.44. The monoisotopic (exact) mass is 546 g/mol. The van der Waals surface area contributed by atoms with Gasteiger partial charge in [0.05, 0.1) is 16.1 Å². The molecule has 1 fully saturated rings. The van der Waals surface area contributed by atoms with Crippen LogP contribution in [-0.4, -0.2) is 57.7 Å². The highest BCUT2D eigenvalue weighted by Crippen LogP contribution is 2.34. The van der Waals surface area contributed by atoms with Crippen LogP contribution in [0.15, 0.2) is 47.0 Å². The third kappa shape index (κ3) is 5.31. The van der Waals surface area contributed by atoms with Crippen molar-refractivity contribution in [3.05, 3.63) is 63.8 Å². The first-order valence-corrected chi connectivity index (χ1v) is 14.8. The Bertz CT molecular complexity index is 1360. The third-order valence-electron chi connectivity index (χ3n) is 8.26. The number of nitrogens with zero attached hydrogens (tertiary/aromatic N) is 3. The molecule has 1 aromatic heterocycles. The molecular weight excluding hydrogens is 508 g/mol. The molecule has 0 bridgehead atoms. The van der Waals surface area contributed by atoms with E-state index in [9.17, 15) is 14.4 Å². The van der Waals surface area contributed by atoms with Gasteiger partial charge in [0.1, 0.15) is 12.1 Å². The van der Waals surface area contributed by atoms with E-state index >= 15 is 0 Å². The number of aromatic nitrogens is 1. The zero-order valence-electron chi connectivity index (χ0n) is 23.5. The van der Waals surface area contributed by atoms with Gasteiger partial charge < -0.3 is 15.1 Å². The molecule has 39 heavy (non-hydrogen) atoms. The normalized spacial score (nSPS) is 21.6. The number of carbonyl (C=O) groups excluding carboxylic acids is 3. The van der Waals surface area contributed by atoms with Crippen LogP contribution in [0.3, 0.4) is 0 Å². The summed E-state index contributed by atoms with van der Waals surface area (Å²) in [6, 6.07) is 5.17. The molecule has 8 heteroatoms. The fourth-order valence-corrected chi connectivity index (χ4v) is 6.94. The maximum atomic E-state index is 13.9. The summed E-state index contributed by atoms with van der Waals surface area (Å²) < 4.78 is 0. The fourth-order valence-electron chi connectivity index (χ4n) is 6.14. The van der Waals surface area contributed by atoms with Gasteiger partial charge in [-0.2, -0.15) is 0 Å². The number of aryl methyl sites for hydroxylation is 2. The second kappa shape index (κ2) is 11.1. The second-order valence-corrected chi connectivity index (χ2v) is 12.4. The molecule has 1 N–H and O–H groups in total. The molecule has 3 amide bonds. The number of rotatable bonds is 7. The number of likely N-dealkylation sites (tertiary alicyclic amines) is 1. The van der Waals surface area contributed by atoms with Crippen molar-refractivity contribution in [2.45, 2.75) is 72.5 Å². The predicted molar refractivity (Wildman–Crippen MR) is 154 cm³/mol. The summed E-state index contributed by atoms with van der Waals surface area (Å²) >= 11 is 1.63. The van der Waals surface area contributed by atoms with Gasteiger partial charge in [-0.05, 0) is 67.2 Å². The van der Waals surface area contributed by atoms with E-state index in [1.165, 1.54) is 0 Å². The van der Waals surface area contributed by atoms with Crippen molar-refractivity contribution < 1.29 is 14.4 Å². The lowest BCUT2D eigenvalue weighted by molar-refractivity contribution is -0.147. The lowest BCUT2D eigenvalue weighted by Crippen LogP contribution is -2.55. The predicted octanol–water partition coefficient (Wildman–Crippen LogP) is 4.79. The minimum absolute atomic E-state index is 0.0585. The zero-order chi connectivity index (χ0) is 27.8. The topological polar surface area (TPSA) is 82.6 Å². The Balaban J connectivity index is 1.26. The molecule has 0 radical (unpaired) electrons. The molecule has 3 atom stereocenters. The zero-order valence-corrected chi connectivity index (χ0v) is 24.3. The fraction of sp³-hybridized carbons (Fsp3) is 0.484. The summed E-state index contributed by atoms with van der Waals surface area (Å²) in [4.78, 5) is 49.5. The van der Waals surface area contributed by atoms with Gasteiger partial charge in [-0.15, -0.1) is 11.3 Å². The second-order valence-electron chi connectivity index (χ2n) is 11.5. The number of thiazole rings is 1. The van der Waals surface area contributed by atoms with Crippen LogP contribution in [0.4, 0.5) is 0 Å². The maximum absolute atomic E-state index is 13.9. The van der Waals surface area contributed by atoms with Gasteiger partial charge in [-0.25, -0.2) is 4.98 Å². The summed E-state index contributed by atoms with van der Waals surface area (Å²) in [5, 5.41) is 3.08. The summed E-state index contributed by atoms with van der Waals surface area (Å²) in [5.41, 5.74) is 8.02. The molecule has 1 aromatic carbocycles. The minimum atomic E-state index is -0.579. The molecular formula is C31H38N4O3S. The molecule has 3 heterocycles. The van der Waals surface area contributed by atoms with Gasteiger partial charge in [-0.1, -0.05) is 51.1 Å². The van der Waals surface area contributed by atoms with E-state index < -0.39 is 12.1 Å². The van der Waals surface area contributed by atoms with Gasteiger partial charge >= 0.3 is 0 Å². The smallest absolute Gasteiger partial charge is 0.254 e. The van der Waals surface area contributed by atoms with Crippen molar-refractivity contribution in [1.82, 2.24) is 20.1 Å². The molecule has 2 aliphatic heterocycles. The summed E-state index contributed by atoms with van der Waals surface area (Å²) in [6.07, 6.45) is 6.26. The van der Waals surface area contributed by atoms with Crippen molar-refractivity contribution in [3.63, 3.8) is 0 Å². The number of benzene rings is 1. The Morgan fingerprint density at radius 1 is 1.23 bits per heavy atom. The number of hydrogen-bond acceptors (Lipinski definition) is 5. The Hall–Kier alpha value is -3.26. The number of carbonyl (C=O) groups is 3. The quantitative estimate of drug-likeness (QED) is 0.541. The standard InChI is InChI=1S/C31H38N4O3S/c1-18(2)27(35-16-24-13-19(3)8-11-25(24)30(35)37)31(38)34-12-6-7-26(34)29(36)32-15-23-10-9-22(14-20(23)4)28-21(5)33-17-39-28/h8-11,14,17-19,26-27H,6-7,12-13,15-16H2,1-5H3,(H,32,36)/t19?,26-,27-/m0/s1. The summed E-state index contributed by atoms with van der Waals surface area (Å²) in [5.74, 6) is 0.0260. The number of allylic oxidation sites excluding steroid dienone is 1. The molecule has 5 rings (SSSR count). The van der Waals surface area contributed by atoms with E-state index in [2.05, 4.69) is 48.4 Å². The SMILES string of the molecule is Cc1cc(-c2scnc2C)ccc1CNC(=O)[C@@H]1CCCN1C(=O)[C@H](C(C)C)N1CC2=C(C=CC(C)C2)C1=O. The lowest BCUT2D eigenvalue weighted by atomic mass is 9.92. The summed E-state index contributed by atoms with van der Waals surface area (Å²) in [6.45, 7) is 11.6. The number of hydrogen-bond donors (Lipinski definition) is 1. The molecule has 206 valence electrons. The average Bonchev–Trinajstić information content (AvgIpc) is 3.62. The number of amides is 3. The van der Waals surface area contributed by atoms with Crippen molar-refractivity contribution >= 4 is 29.1 Å². The maximum Gasteiger partial charge on any atom is 0.254 e. The van der Waals surface area contributed by atoms with Crippen LogP contribution in [-0.2, 0) is 20.9 Å². The van der Waals surface area contributed by atoms with Crippen molar-refractivity contribution in [2.24, 2.45) is 11.8 Å². The Labute approximate surface area is 235 Å². The largest absolute Gasteiger partial charge is 0.350 e. The van der Waals surface area contributed by atoms with E-state index in [0.717, 1.165) is 51.2 Å². The molecule has 1 unspecified atom stereocenters. The molecule has 3 aliphatic rings. The third-order valence-corrected chi connectivity index (χ3v) is 9.23. The molecule has 0 spiro atoms. The van der Waals surface area contributed by atoms with E-state index in [0.29, 0.717) is 32.0 Å². The van der Waals surface area contributed by atoms with Crippen LogP contribution < -0.4 is 5.32 Å². The van der Waals surface area contributed by atoms with Gasteiger partial charge in [-0.3, -0.25) is 14.4 Å². The van der Waals surface area contributed by atoms with Crippen LogP contribution in [0, 0.1) is 25.7 Å².